The molecule has 1 saturated heterocycles. The summed E-state index contributed by atoms with van der Waals surface area (Å²) in [6.07, 6.45) is 3.01. The van der Waals surface area contributed by atoms with Gasteiger partial charge in [0.05, 0.1) is 11.0 Å². The zero-order valence-electron chi connectivity index (χ0n) is 8.89. The molecular formula is C9H13FN4O2. The third kappa shape index (κ3) is 1.90. The molecule has 2 rings (SSSR count). The van der Waals surface area contributed by atoms with Crippen LogP contribution in [0.3, 0.4) is 0 Å². The van der Waals surface area contributed by atoms with Gasteiger partial charge in [-0.1, -0.05) is 0 Å². The molecule has 2 atom stereocenters. The van der Waals surface area contributed by atoms with Crippen molar-refractivity contribution in [2.24, 2.45) is 0 Å². The Kier molecular flexibility index (Phi) is 2.63. The molecule has 0 aromatic carbocycles. The van der Waals surface area contributed by atoms with Crippen LogP contribution >= 0.6 is 0 Å². The van der Waals surface area contributed by atoms with E-state index < -0.39 is 16.6 Å². The largest absolute Gasteiger partial charge is 0.313 e. The first-order valence-electron chi connectivity index (χ1n) is 5.09. The van der Waals surface area contributed by atoms with Crippen LogP contribution in [0.1, 0.15) is 19.4 Å². The maximum Gasteiger partial charge on any atom is 0.307 e. The molecule has 0 bridgehead atoms. The van der Waals surface area contributed by atoms with Crippen molar-refractivity contribution in [3.8, 4) is 0 Å². The summed E-state index contributed by atoms with van der Waals surface area (Å²) >= 11 is 0. The van der Waals surface area contributed by atoms with Crippen molar-refractivity contribution in [1.29, 1.82) is 0 Å². The molecule has 0 aliphatic carbocycles. The zero-order valence-corrected chi connectivity index (χ0v) is 8.89. The van der Waals surface area contributed by atoms with Crippen molar-refractivity contribution in [2.45, 2.75) is 25.1 Å². The van der Waals surface area contributed by atoms with Crippen LogP contribution < -0.4 is 5.32 Å². The SMILES string of the molecule is CC1(F)CNCCC1n1cc([N+](=O)[O-])cn1. The van der Waals surface area contributed by atoms with Gasteiger partial charge in [-0.3, -0.25) is 14.8 Å². The summed E-state index contributed by atoms with van der Waals surface area (Å²) < 4.78 is 15.5. The van der Waals surface area contributed by atoms with Crippen molar-refractivity contribution in [2.75, 3.05) is 13.1 Å². The standard InChI is InChI=1S/C9H13FN4O2/c1-9(10)6-11-3-2-8(9)13-5-7(4-12-13)14(15)16/h4-5,8,11H,2-3,6H2,1H3. The second-order valence-electron chi connectivity index (χ2n) is 4.19. The molecule has 0 radical (unpaired) electrons. The van der Waals surface area contributed by atoms with Crippen LogP contribution in [-0.2, 0) is 0 Å². The van der Waals surface area contributed by atoms with Crippen LogP contribution in [0.15, 0.2) is 12.4 Å². The predicted octanol–water partition coefficient (Wildman–Crippen LogP) is 1.05. The molecule has 1 aliphatic rings. The number of alkyl halides is 1. The highest BCUT2D eigenvalue weighted by Crippen LogP contribution is 2.32. The lowest BCUT2D eigenvalue weighted by Gasteiger charge is -2.35. The summed E-state index contributed by atoms with van der Waals surface area (Å²) in [5, 5.41) is 17.3. The highest BCUT2D eigenvalue weighted by Gasteiger charge is 2.38. The van der Waals surface area contributed by atoms with E-state index in [9.17, 15) is 14.5 Å². The molecule has 7 heteroatoms. The maximum atomic E-state index is 14.1. The Morgan fingerprint density at radius 2 is 2.56 bits per heavy atom. The van der Waals surface area contributed by atoms with Crippen LogP contribution in [0.25, 0.3) is 0 Å². The van der Waals surface area contributed by atoms with Crippen LogP contribution in [0.5, 0.6) is 0 Å². The third-order valence-electron chi connectivity index (χ3n) is 2.88. The minimum absolute atomic E-state index is 0.102. The van der Waals surface area contributed by atoms with Crippen LogP contribution in [-0.4, -0.2) is 33.5 Å². The van der Waals surface area contributed by atoms with Gasteiger partial charge in [0.1, 0.15) is 18.1 Å². The molecule has 0 saturated carbocycles. The number of halogens is 1. The van der Waals surface area contributed by atoms with E-state index in [-0.39, 0.29) is 12.2 Å². The van der Waals surface area contributed by atoms with Gasteiger partial charge < -0.3 is 5.32 Å². The first kappa shape index (κ1) is 11.0. The van der Waals surface area contributed by atoms with E-state index in [2.05, 4.69) is 10.4 Å². The highest BCUT2D eigenvalue weighted by molar-refractivity contribution is 5.21. The fraction of sp³-hybridized carbons (Fsp3) is 0.667. The van der Waals surface area contributed by atoms with E-state index in [0.717, 1.165) is 6.20 Å². The molecule has 2 heterocycles. The van der Waals surface area contributed by atoms with Gasteiger partial charge in [0, 0.05) is 6.54 Å². The Bertz CT molecular complexity index is 404. The number of nitrogens with zero attached hydrogens (tertiary/aromatic N) is 3. The topological polar surface area (TPSA) is 73.0 Å². The quantitative estimate of drug-likeness (QED) is 0.606. The summed E-state index contributed by atoms with van der Waals surface area (Å²) in [6.45, 7) is 2.42. The number of nitro groups is 1. The number of aromatic nitrogens is 2. The molecule has 88 valence electrons. The van der Waals surface area contributed by atoms with Crippen molar-refractivity contribution in [3.63, 3.8) is 0 Å². The number of hydrogen-bond acceptors (Lipinski definition) is 4. The molecule has 0 amide bonds. The number of rotatable bonds is 2. The molecule has 16 heavy (non-hydrogen) atoms. The van der Waals surface area contributed by atoms with Gasteiger partial charge in [-0.25, -0.2) is 4.39 Å². The highest BCUT2D eigenvalue weighted by atomic mass is 19.1. The van der Waals surface area contributed by atoms with Gasteiger partial charge in [0.15, 0.2) is 0 Å². The second kappa shape index (κ2) is 3.82. The number of piperidine rings is 1. The zero-order chi connectivity index (χ0) is 11.8. The Labute approximate surface area is 91.6 Å². The predicted molar refractivity (Wildman–Crippen MR) is 54.9 cm³/mol. The molecule has 1 fully saturated rings. The van der Waals surface area contributed by atoms with Crippen molar-refractivity contribution < 1.29 is 9.31 Å². The fourth-order valence-corrected chi connectivity index (χ4v) is 1.99. The average Bonchev–Trinajstić information content (AvgIpc) is 2.65. The summed E-state index contributed by atoms with van der Waals surface area (Å²) in [7, 11) is 0. The molecule has 1 aromatic rings. The summed E-state index contributed by atoms with van der Waals surface area (Å²) in [6, 6.07) is -0.442. The lowest BCUT2D eigenvalue weighted by Crippen LogP contribution is -2.47. The second-order valence-corrected chi connectivity index (χ2v) is 4.19. The average molecular weight is 228 g/mol. The normalized spacial score (nSPS) is 30.2. The van der Waals surface area contributed by atoms with Crippen LogP contribution in [0, 0.1) is 10.1 Å². The number of hydrogen-bond donors (Lipinski definition) is 1. The van der Waals surface area contributed by atoms with E-state index in [1.807, 2.05) is 0 Å². The summed E-state index contributed by atoms with van der Waals surface area (Å²) in [5.74, 6) is 0. The number of nitrogens with one attached hydrogen (secondary N) is 1. The Morgan fingerprint density at radius 1 is 1.81 bits per heavy atom. The monoisotopic (exact) mass is 228 g/mol. The molecule has 6 nitrogen and oxygen atoms in total. The summed E-state index contributed by atoms with van der Waals surface area (Å²) in [5.41, 5.74) is -1.53. The molecule has 1 N–H and O–H groups in total. The van der Waals surface area contributed by atoms with Gasteiger partial charge in [-0.2, -0.15) is 5.10 Å². The van der Waals surface area contributed by atoms with Crippen molar-refractivity contribution in [1.82, 2.24) is 15.1 Å². The molecule has 1 aliphatic heterocycles. The minimum Gasteiger partial charge on any atom is -0.313 e. The van der Waals surface area contributed by atoms with Crippen molar-refractivity contribution in [3.05, 3.63) is 22.5 Å². The summed E-state index contributed by atoms with van der Waals surface area (Å²) in [4.78, 5) is 9.98. The van der Waals surface area contributed by atoms with E-state index >= 15 is 0 Å². The molecule has 2 unspecified atom stereocenters. The Hall–Kier alpha value is -1.50. The first-order chi connectivity index (χ1) is 7.50. The van der Waals surface area contributed by atoms with E-state index in [0.29, 0.717) is 13.0 Å². The van der Waals surface area contributed by atoms with Crippen molar-refractivity contribution >= 4 is 5.69 Å². The maximum absolute atomic E-state index is 14.1. The van der Waals surface area contributed by atoms with Gasteiger partial charge in [-0.05, 0) is 19.9 Å². The molecule has 1 aromatic heterocycles. The fourth-order valence-electron chi connectivity index (χ4n) is 1.99. The van der Waals surface area contributed by atoms with E-state index in [1.165, 1.54) is 17.8 Å². The van der Waals surface area contributed by atoms with Crippen LogP contribution in [0.2, 0.25) is 0 Å². The lowest BCUT2D eigenvalue weighted by atomic mass is 9.92. The Morgan fingerprint density at radius 3 is 3.12 bits per heavy atom. The minimum atomic E-state index is -1.43. The lowest BCUT2D eigenvalue weighted by molar-refractivity contribution is -0.385. The first-order valence-corrected chi connectivity index (χ1v) is 5.09. The Balaban J connectivity index is 2.25. The third-order valence-corrected chi connectivity index (χ3v) is 2.88. The van der Waals surface area contributed by atoms with E-state index in [4.69, 9.17) is 0 Å². The van der Waals surface area contributed by atoms with Gasteiger partial charge in [-0.15, -0.1) is 0 Å². The van der Waals surface area contributed by atoms with E-state index in [1.54, 1.807) is 0 Å². The molecule has 0 spiro atoms. The van der Waals surface area contributed by atoms with Gasteiger partial charge in [0.25, 0.3) is 0 Å². The van der Waals surface area contributed by atoms with Gasteiger partial charge in [0.2, 0.25) is 0 Å². The molecular weight excluding hydrogens is 215 g/mol. The smallest absolute Gasteiger partial charge is 0.307 e. The van der Waals surface area contributed by atoms with Gasteiger partial charge >= 0.3 is 5.69 Å². The van der Waals surface area contributed by atoms with Crippen LogP contribution in [0.4, 0.5) is 10.1 Å².